The molecular formula is C30H31ClFN3O2. The normalized spacial score (nSPS) is 15.4. The molecule has 0 atom stereocenters. The predicted molar refractivity (Wildman–Crippen MR) is 146 cm³/mol. The number of fused-ring (bicyclic) bond motifs is 1. The fourth-order valence-electron chi connectivity index (χ4n) is 5.49. The van der Waals surface area contributed by atoms with Gasteiger partial charge in [-0.1, -0.05) is 42.8 Å². The Hall–Kier alpha value is -3.38. The molecule has 1 amide bonds. The molecule has 2 aromatic heterocycles. The van der Waals surface area contributed by atoms with Gasteiger partial charge in [0.1, 0.15) is 17.3 Å². The van der Waals surface area contributed by atoms with E-state index in [1.165, 1.54) is 6.07 Å². The average molecular weight is 520 g/mol. The number of allylic oxidation sites excluding steroid dienone is 1. The van der Waals surface area contributed by atoms with E-state index in [0.717, 1.165) is 51.9 Å². The maximum absolute atomic E-state index is 14.0. The van der Waals surface area contributed by atoms with Crippen molar-refractivity contribution in [3.05, 3.63) is 94.0 Å². The minimum Gasteiger partial charge on any atom is -0.446 e. The third kappa shape index (κ3) is 4.71. The summed E-state index contributed by atoms with van der Waals surface area (Å²) >= 11 is 6.33. The van der Waals surface area contributed by atoms with Crippen molar-refractivity contribution in [2.75, 3.05) is 13.1 Å². The van der Waals surface area contributed by atoms with Crippen molar-refractivity contribution in [3.63, 3.8) is 0 Å². The Kier molecular flexibility index (Phi) is 6.48. The summed E-state index contributed by atoms with van der Waals surface area (Å²) in [5, 5.41) is 1.48. The topological polar surface area (TPSA) is 51.3 Å². The van der Waals surface area contributed by atoms with Crippen LogP contribution >= 0.6 is 11.6 Å². The average Bonchev–Trinajstić information content (AvgIpc) is 3.37. The lowest BCUT2D eigenvalue weighted by molar-refractivity contribution is 0.0677. The number of benzene rings is 2. The van der Waals surface area contributed by atoms with Crippen molar-refractivity contribution >= 4 is 34.0 Å². The molecular weight excluding hydrogens is 489 g/mol. The fraction of sp³-hybridized carbons (Fsp3) is 0.333. The largest absolute Gasteiger partial charge is 0.446 e. The number of hydrogen-bond acceptors (Lipinski definition) is 3. The van der Waals surface area contributed by atoms with Gasteiger partial charge in [0.25, 0.3) is 5.91 Å². The molecule has 7 heteroatoms. The molecule has 0 aliphatic carbocycles. The van der Waals surface area contributed by atoms with Crippen LogP contribution in [0.5, 0.6) is 0 Å². The third-order valence-electron chi connectivity index (χ3n) is 7.64. The third-order valence-corrected chi connectivity index (χ3v) is 7.88. The van der Waals surface area contributed by atoms with E-state index in [-0.39, 0.29) is 17.1 Å². The highest BCUT2D eigenvalue weighted by molar-refractivity contribution is 6.31. The number of rotatable bonds is 5. The predicted octanol–water partition coefficient (Wildman–Crippen LogP) is 7.31. The Labute approximate surface area is 221 Å². The molecule has 3 heterocycles. The Balaban J connectivity index is 1.42. The summed E-state index contributed by atoms with van der Waals surface area (Å²) in [4.78, 5) is 20.2. The van der Waals surface area contributed by atoms with Crippen molar-refractivity contribution in [2.45, 2.75) is 52.5 Å². The molecule has 1 aliphatic heterocycles. The molecule has 0 bridgehead atoms. The first-order chi connectivity index (χ1) is 17.6. The first-order valence-corrected chi connectivity index (χ1v) is 12.9. The van der Waals surface area contributed by atoms with Crippen molar-refractivity contribution in [1.82, 2.24) is 14.5 Å². The number of carbonyl (C=O) groups is 1. The molecule has 0 unspecified atom stereocenters. The van der Waals surface area contributed by atoms with Gasteiger partial charge in [-0.15, -0.1) is 0 Å². The fourth-order valence-corrected chi connectivity index (χ4v) is 5.65. The van der Waals surface area contributed by atoms with E-state index in [9.17, 15) is 9.18 Å². The number of aryl methyl sites for hydroxylation is 2. The van der Waals surface area contributed by atoms with Gasteiger partial charge in [0.2, 0.25) is 0 Å². The van der Waals surface area contributed by atoms with Gasteiger partial charge in [-0.05, 0) is 67.5 Å². The van der Waals surface area contributed by atoms with Gasteiger partial charge in [0.15, 0.2) is 5.89 Å². The zero-order chi connectivity index (χ0) is 26.5. The number of piperidine rings is 1. The van der Waals surface area contributed by atoms with E-state index in [2.05, 4.69) is 18.5 Å². The Morgan fingerprint density at radius 3 is 2.54 bits per heavy atom. The van der Waals surface area contributed by atoms with E-state index in [1.54, 1.807) is 6.07 Å². The van der Waals surface area contributed by atoms with E-state index in [4.69, 9.17) is 16.0 Å². The molecule has 4 aromatic rings. The van der Waals surface area contributed by atoms with Crippen molar-refractivity contribution in [1.29, 1.82) is 0 Å². The van der Waals surface area contributed by atoms with Crippen LogP contribution in [-0.2, 0) is 12.0 Å². The molecule has 0 radical (unpaired) electrons. The van der Waals surface area contributed by atoms with Crippen LogP contribution in [0.4, 0.5) is 4.39 Å². The highest BCUT2D eigenvalue weighted by atomic mass is 35.5. The monoisotopic (exact) mass is 519 g/mol. The van der Waals surface area contributed by atoms with Gasteiger partial charge in [-0.25, -0.2) is 9.37 Å². The maximum Gasteiger partial charge on any atom is 0.256 e. The molecule has 0 spiro atoms. The molecule has 1 saturated heterocycles. The van der Waals surface area contributed by atoms with Gasteiger partial charge in [0.05, 0.1) is 17.6 Å². The molecule has 5 nitrogen and oxygen atoms in total. The molecule has 192 valence electrons. The lowest BCUT2D eigenvalue weighted by Gasteiger charge is -2.41. The smallest absolute Gasteiger partial charge is 0.256 e. The Bertz CT molecular complexity index is 1530. The number of likely N-dealkylation sites (tertiary alicyclic amines) is 1. The number of nitrogens with zero attached hydrogens (tertiary/aromatic N) is 3. The van der Waals surface area contributed by atoms with E-state index >= 15 is 0 Å². The summed E-state index contributed by atoms with van der Waals surface area (Å²) in [5.41, 5.74) is 5.00. The molecule has 5 rings (SSSR count). The second kappa shape index (κ2) is 9.49. The van der Waals surface area contributed by atoms with Gasteiger partial charge in [-0.2, -0.15) is 0 Å². The lowest BCUT2D eigenvalue weighted by atomic mass is 9.72. The zero-order valence-electron chi connectivity index (χ0n) is 21.7. The van der Waals surface area contributed by atoms with E-state index in [0.29, 0.717) is 36.1 Å². The van der Waals surface area contributed by atoms with Crippen LogP contribution < -0.4 is 0 Å². The number of oxazole rings is 1. The van der Waals surface area contributed by atoms with Crippen LogP contribution in [0.25, 0.3) is 16.5 Å². The Morgan fingerprint density at radius 1 is 1.16 bits per heavy atom. The maximum atomic E-state index is 14.0. The van der Waals surface area contributed by atoms with Gasteiger partial charge >= 0.3 is 0 Å². The number of amides is 1. The van der Waals surface area contributed by atoms with Gasteiger partial charge < -0.3 is 13.9 Å². The minimum atomic E-state index is -0.259. The van der Waals surface area contributed by atoms with Crippen molar-refractivity contribution < 1.29 is 13.6 Å². The highest BCUT2D eigenvalue weighted by Crippen LogP contribution is 2.39. The first-order valence-electron chi connectivity index (χ1n) is 12.5. The first kappa shape index (κ1) is 25.3. The number of carbonyl (C=O) groups excluding carboxylic acids is 1. The molecule has 0 N–H and O–H groups in total. The van der Waals surface area contributed by atoms with Crippen LogP contribution in [0, 0.1) is 19.7 Å². The SMILES string of the molecule is C=C(C)c1cc(F)ccc1C1(C)CCN(C(=O)c2cn(Cc3nc(C)oc3C)c3cc(Cl)ccc23)CC1. The second-order valence-electron chi connectivity index (χ2n) is 10.4. The van der Waals surface area contributed by atoms with E-state index in [1.807, 2.05) is 60.7 Å². The summed E-state index contributed by atoms with van der Waals surface area (Å²) in [6.07, 6.45) is 3.47. The number of halogens is 2. The number of hydrogen-bond donors (Lipinski definition) is 0. The standard InChI is InChI=1S/C30H31ClFN3O2/c1-18(2)24-15-22(32)7-9-26(24)30(5)10-12-34(13-11-30)29(36)25-16-35(17-27-19(3)37-20(4)33-27)28-14-21(31)6-8-23(25)28/h6-9,14-16H,1,10-13,17H2,2-5H3. The van der Waals surface area contributed by atoms with Gasteiger partial charge in [-0.3, -0.25) is 4.79 Å². The van der Waals surface area contributed by atoms with Crippen molar-refractivity contribution in [3.8, 4) is 0 Å². The van der Waals surface area contributed by atoms with Crippen LogP contribution in [0.1, 0.15) is 65.5 Å². The summed E-state index contributed by atoms with van der Waals surface area (Å²) in [6.45, 7) is 13.6. The van der Waals surface area contributed by atoms with Crippen LogP contribution in [0.3, 0.4) is 0 Å². The second-order valence-corrected chi connectivity index (χ2v) is 10.8. The summed E-state index contributed by atoms with van der Waals surface area (Å²) < 4.78 is 21.6. The molecule has 1 fully saturated rings. The molecule has 1 aliphatic rings. The summed E-state index contributed by atoms with van der Waals surface area (Å²) in [7, 11) is 0. The van der Waals surface area contributed by atoms with E-state index < -0.39 is 0 Å². The van der Waals surface area contributed by atoms with Crippen molar-refractivity contribution in [2.24, 2.45) is 0 Å². The molecule has 37 heavy (non-hydrogen) atoms. The zero-order valence-corrected chi connectivity index (χ0v) is 22.5. The highest BCUT2D eigenvalue weighted by Gasteiger charge is 2.36. The molecule has 0 saturated carbocycles. The van der Waals surface area contributed by atoms with Crippen LogP contribution in [0.2, 0.25) is 5.02 Å². The Morgan fingerprint density at radius 2 is 1.89 bits per heavy atom. The quantitative estimate of drug-likeness (QED) is 0.277. The van der Waals surface area contributed by atoms with Crippen LogP contribution in [0.15, 0.2) is 53.6 Å². The lowest BCUT2D eigenvalue weighted by Crippen LogP contribution is -2.44. The van der Waals surface area contributed by atoms with Gasteiger partial charge in [0, 0.05) is 36.6 Å². The molecule has 2 aromatic carbocycles. The number of aromatic nitrogens is 2. The minimum absolute atomic E-state index is 0.000378. The summed E-state index contributed by atoms with van der Waals surface area (Å²) in [6, 6.07) is 10.6. The van der Waals surface area contributed by atoms with Crippen LogP contribution in [-0.4, -0.2) is 33.4 Å². The summed E-state index contributed by atoms with van der Waals surface area (Å²) in [5.74, 6) is 1.12.